The summed E-state index contributed by atoms with van der Waals surface area (Å²) in [5.74, 6) is -2.87. The second-order valence-electron chi connectivity index (χ2n) is 10.1. The molecule has 0 spiro atoms. The average molecular weight is 531 g/mol. The van der Waals surface area contributed by atoms with Gasteiger partial charge in [0.05, 0.1) is 6.61 Å². The summed E-state index contributed by atoms with van der Waals surface area (Å²) < 4.78 is 73.0. The van der Waals surface area contributed by atoms with Crippen LogP contribution >= 0.6 is 0 Å². The van der Waals surface area contributed by atoms with Gasteiger partial charge in [-0.2, -0.15) is 17.6 Å². The van der Waals surface area contributed by atoms with E-state index in [0.29, 0.717) is 0 Å². The van der Waals surface area contributed by atoms with Gasteiger partial charge in [-0.05, 0) is 67.0 Å². The van der Waals surface area contributed by atoms with Crippen LogP contribution in [0.5, 0.6) is 17.2 Å². The second kappa shape index (κ2) is 12.5. The van der Waals surface area contributed by atoms with Gasteiger partial charge in [0.2, 0.25) is 11.6 Å². The number of rotatable bonds is 11. The molecule has 0 bridgehead atoms. The molecule has 0 radical (unpaired) electrons. The maximum Gasteiger partial charge on any atom is 0.433 e. The van der Waals surface area contributed by atoms with Crippen LogP contribution in [0.2, 0.25) is 0 Å². The van der Waals surface area contributed by atoms with Crippen molar-refractivity contribution in [1.82, 2.24) is 0 Å². The molecule has 0 atom stereocenters. The molecule has 7 heteroatoms. The summed E-state index contributed by atoms with van der Waals surface area (Å²) in [6.07, 6.45) is 2.68. The highest BCUT2D eigenvalue weighted by Gasteiger charge is 2.35. The number of halogens is 4. The molecule has 0 amide bonds. The molecular weight excluding hydrogens is 496 g/mol. The average Bonchev–Trinajstić information content (AvgIpc) is 2.91. The van der Waals surface area contributed by atoms with E-state index in [1.165, 1.54) is 6.42 Å². The van der Waals surface area contributed by atoms with Crippen molar-refractivity contribution < 1.29 is 31.8 Å². The minimum absolute atomic E-state index is 0.197. The van der Waals surface area contributed by atoms with Crippen LogP contribution in [0.4, 0.5) is 17.6 Å². The van der Waals surface area contributed by atoms with Crippen LogP contribution in [0, 0.1) is 30.4 Å². The number of aryl methyl sites for hydroxylation is 1. The van der Waals surface area contributed by atoms with E-state index in [0.717, 1.165) is 66.8 Å². The van der Waals surface area contributed by atoms with Crippen LogP contribution in [-0.4, -0.2) is 19.3 Å². The van der Waals surface area contributed by atoms with Crippen LogP contribution in [-0.2, 0) is 0 Å². The van der Waals surface area contributed by atoms with Gasteiger partial charge in [-0.3, -0.25) is 0 Å². The lowest BCUT2D eigenvalue weighted by molar-refractivity contribution is -0.196. The summed E-state index contributed by atoms with van der Waals surface area (Å²) >= 11 is 0. The molecule has 0 aliphatic heterocycles. The van der Waals surface area contributed by atoms with E-state index in [9.17, 15) is 17.6 Å². The standard InChI is InChI=1S/C31H34F4O3/c1-3-4-22-7-9-23(10-8-22)19-36-27-17-18-28(30(33)29(27)32)38-31(34,35)20-37-26-15-13-25(14-16-26)24-11-5-21(2)6-12-24/h5-6,11-18,22-23H,3-4,7-10,19-20H2,1-2H3. The monoisotopic (exact) mass is 530 g/mol. The Labute approximate surface area is 221 Å². The Hall–Kier alpha value is -3.22. The third kappa shape index (κ3) is 7.42. The molecule has 3 nitrogen and oxygen atoms in total. The van der Waals surface area contributed by atoms with Crippen LogP contribution in [0.15, 0.2) is 60.7 Å². The van der Waals surface area contributed by atoms with Crippen molar-refractivity contribution in [3.63, 3.8) is 0 Å². The minimum atomic E-state index is -3.89. The highest BCUT2D eigenvalue weighted by Crippen LogP contribution is 2.34. The highest BCUT2D eigenvalue weighted by molar-refractivity contribution is 5.64. The fourth-order valence-corrected chi connectivity index (χ4v) is 4.85. The summed E-state index contributed by atoms with van der Waals surface area (Å²) in [6.45, 7) is 3.26. The van der Waals surface area contributed by atoms with Crippen molar-refractivity contribution >= 4 is 0 Å². The molecule has 1 aliphatic rings. The van der Waals surface area contributed by atoms with E-state index < -0.39 is 30.1 Å². The Kier molecular flexibility index (Phi) is 9.18. The van der Waals surface area contributed by atoms with E-state index in [-0.39, 0.29) is 24.0 Å². The first-order valence-corrected chi connectivity index (χ1v) is 13.2. The molecular formula is C31H34F4O3. The van der Waals surface area contributed by atoms with Crippen LogP contribution in [0.1, 0.15) is 51.0 Å². The Balaban J connectivity index is 1.29. The molecule has 1 aliphatic carbocycles. The van der Waals surface area contributed by atoms with Gasteiger partial charge in [-0.1, -0.05) is 74.6 Å². The zero-order valence-corrected chi connectivity index (χ0v) is 21.8. The van der Waals surface area contributed by atoms with Crippen LogP contribution in [0.3, 0.4) is 0 Å². The summed E-state index contributed by atoms with van der Waals surface area (Å²) in [6, 6.07) is 16.6. The molecule has 38 heavy (non-hydrogen) atoms. The van der Waals surface area contributed by atoms with Gasteiger partial charge in [0.25, 0.3) is 0 Å². The van der Waals surface area contributed by atoms with Crippen molar-refractivity contribution in [1.29, 1.82) is 0 Å². The fraction of sp³-hybridized carbons (Fsp3) is 0.419. The van der Waals surface area contributed by atoms with Crippen molar-refractivity contribution in [2.45, 2.75) is 58.5 Å². The number of hydrogen-bond donors (Lipinski definition) is 0. The van der Waals surface area contributed by atoms with Crippen LogP contribution in [0.25, 0.3) is 11.1 Å². The number of benzene rings is 3. The quantitative estimate of drug-likeness (QED) is 0.232. The Bertz CT molecular complexity index is 1170. The number of hydrogen-bond acceptors (Lipinski definition) is 3. The summed E-state index contributed by atoms with van der Waals surface area (Å²) in [5.41, 5.74) is 3.03. The SMILES string of the molecule is CCCC1CCC(COc2ccc(OC(F)(F)COc3ccc(-c4ccc(C)cc4)cc3)c(F)c2F)CC1. The van der Waals surface area contributed by atoms with Gasteiger partial charge in [0.15, 0.2) is 18.1 Å². The normalized spacial score (nSPS) is 17.7. The van der Waals surface area contributed by atoms with Crippen molar-refractivity contribution in [2.75, 3.05) is 13.2 Å². The lowest BCUT2D eigenvalue weighted by Gasteiger charge is -2.28. The van der Waals surface area contributed by atoms with E-state index in [2.05, 4.69) is 11.7 Å². The summed E-state index contributed by atoms with van der Waals surface area (Å²) in [4.78, 5) is 0. The first-order valence-electron chi connectivity index (χ1n) is 13.2. The maximum absolute atomic E-state index is 14.5. The Morgan fingerprint density at radius 2 is 1.29 bits per heavy atom. The van der Waals surface area contributed by atoms with E-state index >= 15 is 0 Å². The second-order valence-corrected chi connectivity index (χ2v) is 10.1. The van der Waals surface area contributed by atoms with Gasteiger partial charge in [-0.15, -0.1) is 0 Å². The third-order valence-electron chi connectivity index (χ3n) is 7.05. The van der Waals surface area contributed by atoms with E-state index in [1.54, 1.807) is 24.3 Å². The van der Waals surface area contributed by atoms with Crippen LogP contribution < -0.4 is 14.2 Å². The molecule has 0 unspecified atom stereocenters. The maximum atomic E-state index is 14.5. The molecule has 204 valence electrons. The van der Waals surface area contributed by atoms with Gasteiger partial charge in [0, 0.05) is 0 Å². The Morgan fingerprint density at radius 3 is 1.92 bits per heavy atom. The molecule has 3 aromatic carbocycles. The summed E-state index contributed by atoms with van der Waals surface area (Å²) in [5, 5.41) is 0. The predicted octanol–water partition coefficient (Wildman–Crippen LogP) is 8.98. The van der Waals surface area contributed by atoms with E-state index in [1.807, 2.05) is 31.2 Å². The van der Waals surface area contributed by atoms with Gasteiger partial charge < -0.3 is 14.2 Å². The van der Waals surface area contributed by atoms with Gasteiger partial charge >= 0.3 is 6.11 Å². The molecule has 0 N–H and O–H groups in total. The summed E-state index contributed by atoms with van der Waals surface area (Å²) in [7, 11) is 0. The van der Waals surface area contributed by atoms with E-state index in [4.69, 9.17) is 9.47 Å². The highest BCUT2D eigenvalue weighted by atomic mass is 19.3. The molecule has 0 aromatic heterocycles. The lowest BCUT2D eigenvalue weighted by Crippen LogP contribution is -2.33. The van der Waals surface area contributed by atoms with Crippen molar-refractivity contribution in [3.8, 4) is 28.4 Å². The largest absolute Gasteiger partial charge is 0.490 e. The van der Waals surface area contributed by atoms with Crippen molar-refractivity contribution in [3.05, 3.63) is 77.9 Å². The molecule has 0 heterocycles. The fourth-order valence-electron chi connectivity index (χ4n) is 4.85. The lowest BCUT2D eigenvalue weighted by atomic mass is 9.80. The molecule has 4 rings (SSSR count). The first kappa shape index (κ1) is 27.8. The zero-order valence-electron chi connectivity index (χ0n) is 21.8. The molecule has 1 fully saturated rings. The predicted molar refractivity (Wildman–Crippen MR) is 140 cm³/mol. The number of alkyl halides is 2. The van der Waals surface area contributed by atoms with Gasteiger partial charge in [0.1, 0.15) is 5.75 Å². The topological polar surface area (TPSA) is 27.7 Å². The minimum Gasteiger partial charge on any atom is -0.490 e. The molecule has 3 aromatic rings. The first-order chi connectivity index (χ1) is 18.2. The molecule has 1 saturated carbocycles. The smallest absolute Gasteiger partial charge is 0.433 e. The molecule has 0 saturated heterocycles. The Morgan fingerprint density at radius 1 is 0.737 bits per heavy atom. The van der Waals surface area contributed by atoms with Gasteiger partial charge in [-0.25, -0.2) is 0 Å². The van der Waals surface area contributed by atoms with Crippen molar-refractivity contribution in [2.24, 2.45) is 11.8 Å². The zero-order chi connectivity index (χ0) is 27.1. The third-order valence-corrected chi connectivity index (χ3v) is 7.05. The number of ether oxygens (including phenoxy) is 3.